The summed E-state index contributed by atoms with van der Waals surface area (Å²) in [4.78, 5) is 32.9. The number of nitrogen functional groups attached to an aromatic ring is 1. The molecule has 0 atom stereocenters. The maximum absolute atomic E-state index is 11.3. The topological polar surface area (TPSA) is 110 Å². The molecule has 1 heterocycles. The van der Waals surface area contributed by atoms with E-state index in [1.54, 1.807) is 18.3 Å². The number of aromatic nitrogens is 2. The summed E-state index contributed by atoms with van der Waals surface area (Å²) >= 11 is 0. The Morgan fingerprint density at radius 3 is 2.78 bits per heavy atom. The van der Waals surface area contributed by atoms with Crippen LogP contribution in [0.1, 0.15) is 28.8 Å². The largest absolute Gasteiger partial charge is 0.465 e. The fraction of sp³-hybridized carbons (Fsp3) is 0.250. The van der Waals surface area contributed by atoms with Crippen LogP contribution >= 0.6 is 0 Å². The van der Waals surface area contributed by atoms with Crippen LogP contribution in [0.25, 0.3) is 0 Å². The van der Waals surface area contributed by atoms with E-state index in [9.17, 15) is 9.59 Å². The minimum Gasteiger partial charge on any atom is -0.465 e. The van der Waals surface area contributed by atoms with Crippen molar-refractivity contribution in [2.75, 3.05) is 12.8 Å². The van der Waals surface area contributed by atoms with Crippen LogP contribution in [0.2, 0.25) is 0 Å². The van der Waals surface area contributed by atoms with Gasteiger partial charge < -0.3 is 10.5 Å². The van der Waals surface area contributed by atoms with E-state index in [-0.39, 0.29) is 17.5 Å². The minimum absolute atomic E-state index is 0.0512. The fourth-order valence-electron chi connectivity index (χ4n) is 2.01. The Morgan fingerprint density at radius 2 is 2.13 bits per heavy atom. The van der Waals surface area contributed by atoms with Crippen molar-refractivity contribution in [1.29, 1.82) is 0 Å². The highest BCUT2D eigenvalue weighted by Gasteiger charge is 2.03. The zero-order chi connectivity index (χ0) is 16.7. The summed E-state index contributed by atoms with van der Waals surface area (Å²) in [5, 5.41) is 0. The Kier molecular flexibility index (Phi) is 5.62. The van der Waals surface area contributed by atoms with E-state index in [0.717, 1.165) is 24.8 Å². The van der Waals surface area contributed by atoms with E-state index >= 15 is 0 Å². The molecule has 2 aromatic rings. The first-order valence-electron chi connectivity index (χ1n) is 7.15. The summed E-state index contributed by atoms with van der Waals surface area (Å²) in [6.07, 6.45) is 4.20. The lowest BCUT2D eigenvalue weighted by Crippen LogP contribution is -2.08. The summed E-state index contributed by atoms with van der Waals surface area (Å²) in [5.41, 5.74) is 6.78. The number of methoxy groups -OCH3 is 1. The highest BCUT2D eigenvalue weighted by molar-refractivity contribution is 5.89. The summed E-state index contributed by atoms with van der Waals surface area (Å²) in [7, 11) is 1.36. The van der Waals surface area contributed by atoms with Gasteiger partial charge in [-0.25, -0.2) is 9.79 Å². The highest BCUT2D eigenvalue weighted by Crippen LogP contribution is 2.09. The summed E-state index contributed by atoms with van der Waals surface area (Å²) in [5.74, 6) is 0.0114. The number of nitrogens with one attached hydrogen (secondary N) is 1. The van der Waals surface area contributed by atoms with Gasteiger partial charge in [-0.1, -0.05) is 12.1 Å². The van der Waals surface area contributed by atoms with Gasteiger partial charge in [0.2, 0.25) is 5.95 Å². The van der Waals surface area contributed by atoms with Crippen LogP contribution in [0, 0.1) is 0 Å². The Bertz CT molecular complexity index is 751. The predicted octanol–water partition coefficient (Wildman–Crippen LogP) is 1.86. The number of nitrogens with two attached hydrogens (primary N) is 1. The summed E-state index contributed by atoms with van der Waals surface area (Å²) in [6.45, 7) is 0. The number of aromatic amines is 1. The molecule has 23 heavy (non-hydrogen) atoms. The maximum Gasteiger partial charge on any atom is 0.337 e. The van der Waals surface area contributed by atoms with Crippen molar-refractivity contribution >= 4 is 24.0 Å². The second kappa shape index (κ2) is 7.88. The number of aliphatic imine (C=N–C) groups is 1. The van der Waals surface area contributed by atoms with Gasteiger partial charge in [-0.3, -0.25) is 9.78 Å². The Labute approximate surface area is 133 Å². The molecule has 0 unspecified atom stereocenters. The first-order chi connectivity index (χ1) is 11.1. The third-order valence-electron chi connectivity index (χ3n) is 3.14. The van der Waals surface area contributed by atoms with Crippen molar-refractivity contribution in [2.24, 2.45) is 4.99 Å². The molecular formula is C16H18N4O3. The molecule has 3 N–H and O–H groups in total. The lowest BCUT2D eigenvalue weighted by Gasteiger charge is -2.02. The van der Waals surface area contributed by atoms with Crippen LogP contribution in [0.5, 0.6) is 0 Å². The molecule has 0 saturated heterocycles. The Morgan fingerprint density at radius 1 is 1.39 bits per heavy atom. The van der Waals surface area contributed by atoms with Crippen LogP contribution in [0.4, 0.5) is 11.8 Å². The maximum atomic E-state index is 11.3. The fourth-order valence-corrected chi connectivity index (χ4v) is 2.01. The third kappa shape index (κ3) is 5.06. The number of anilines is 1. The Balaban J connectivity index is 1.82. The zero-order valence-electron chi connectivity index (χ0n) is 12.8. The number of rotatable bonds is 6. The number of esters is 1. The molecular weight excluding hydrogens is 296 g/mol. The lowest BCUT2D eigenvalue weighted by molar-refractivity contribution is 0.0600. The second-order valence-corrected chi connectivity index (χ2v) is 4.88. The number of nitrogens with zero attached hydrogens (tertiary/aromatic N) is 2. The van der Waals surface area contributed by atoms with E-state index in [4.69, 9.17) is 5.73 Å². The van der Waals surface area contributed by atoms with Gasteiger partial charge in [0.25, 0.3) is 5.56 Å². The van der Waals surface area contributed by atoms with Crippen molar-refractivity contribution in [1.82, 2.24) is 9.97 Å². The molecule has 0 aliphatic heterocycles. The first-order valence-corrected chi connectivity index (χ1v) is 7.15. The third-order valence-corrected chi connectivity index (χ3v) is 3.14. The van der Waals surface area contributed by atoms with E-state index < -0.39 is 0 Å². The average Bonchev–Trinajstić information content (AvgIpc) is 2.53. The van der Waals surface area contributed by atoms with Crippen LogP contribution in [-0.4, -0.2) is 29.3 Å². The lowest BCUT2D eigenvalue weighted by atomic mass is 10.1. The van der Waals surface area contributed by atoms with Gasteiger partial charge in [0.1, 0.15) is 0 Å². The van der Waals surface area contributed by atoms with Gasteiger partial charge in [-0.15, -0.1) is 0 Å². The molecule has 1 aromatic carbocycles. The van der Waals surface area contributed by atoms with Gasteiger partial charge in [-0.2, -0.15) is 4.98 Å². The van der Waals surface area contributed by atoms with E-state index in [1.807, 2.05) is 12.1 Å². The molecule has 0 bridgehead atoms. The van der Waals surface area contributed by atoms with Crippen molar-refractivity contribution in [3.63, 3.8) is 0 Å². The highest BCUT2D eigenvalue weighted by atomic mass is 16.5. The minimum atomic E-state index is -0.340. The molecule has 0 radical (unpaired) electrons. The number of hydrogen-bond acceptors (Lipinski definition) is 6. The monoisotopic (exact) mass is 314 g/mol. The standard InChI is InChI=1S/C16H18N4O3/c1-23-15(22)12-7-5-11(6-8-12)4-2-3-9-18-13-10-14(21)20-16(17)19-13/h5-10H,2-4H2,1H3,(H3,17,19,20,21). The normalized spacial score (nSPS) is 10.8. The number of ether oxygens (including phenoxy) is 1. The van der Waals surface area contributed by atoms with Gasteiger partial charge in [0, 0.05) is 12.3 Å². The SMILES string of the molecule is COC(=O)c1ccc(CCCC=Nc2cc(=O)[nH]c(N)n2)cc1. The number of aryl methyl sites for hydroxylation is 1. The molecule has 120 valence electrons. The number of hydrogen-bond donors (Lipinski definition) is 2. The number of carbonyl (C=O) groups is 1. The van der Waals surface area contributed by atoms with Crippen LogP contribution in [-0.2, 0) is 11.2 Å². The van der Waals surface area contributed by atoms with Crippen LogP contribution in [0.3, 0.4) is 0 Å². The second-order valence-electron chi connectivity index (χ2n) is 4.88. The van der Waals surface area contributed by atoms with Gasteiger partial charge in [0.05, 0.1) is 12.7 Å². The molecule has 0 spiro atoms. The molecule has 0 aliphatic carbocycles. The number of H-pyrrole nitrogens is 1. The molecule has 2 rings (SSSR count). The molecule has 0 aliphatic rings. The Hall–Kier alpha value is -2.96. The van der Waals surface area contributed by atoms with Crippen molar-refractivity contribution in [3.05, 3.63) is 51.8 Å². The van der Waals surface area contributed by atoms with Crippen molar-refractivity contribution in [3.8, 4) is 0 Å². The average molecular weight is 314 g/mol. The van der Waals surface area contributed by atoms with Gasteiger partial charge in [0.15, 0.2) is 5.82 Å². The smallest absolute Gasteiger partial charge is 0.337 e. The van der Waals surface area contributed by atoms with Crippen LogP contribution < -0.4 is 11.3 Å². The van der Waals surface area contributed by atoms with E-state index in [1.165, 1.54) is 13.2 Å². The molecule has 1 aromatic heterocycles. The molecule has 7 heteroatoms. The molecule has 0 amide bonds. The van der Waals surface area contributed by atoms with Crippen LogP contribution in [0.15, 0.2) is 40.1 Å². The van der Waals surface area contributed by atoms with Gasteiger partial charge in [-0.05, 0) is 37.0 Å². The zero-order valence-corrected chi connectivity index (χ0v) is 12.8. The number of benzene rings is 1. The number of unbranched alkanes of at least 4 members (excludes halogenated alkanes) is 1. The predicted molar refractivity (Wildman–Crippen MR) is 88.1 cm³/mol. The van der Waals surface area contributed by atoms with Crippen molar-refractivity contribution in [2.45, 2.75) is 19.3 Å². The summed E-state index contributed by atoms with van der Waals surface area (Å²) in [6, 6.07) is 8.60. The summed E-state index contributed by atoms with van der Waals surface area (Å²) < 4.78 is 4.65. The molecule has 0 fully saturated rings. The van der Waals surface area contributed by atoms with E-state index in [2.05, 4.69) is 19.7 Å². The van der Waals surface area contributed by atoms with Gasteiger partial charge >= 0.3 is 5.97 Å². The molecule has 7 nitrogen and oxygen atoms in total. The quantitative estimate of drug-likeness (QED) is 0.480. The van der Waals surface area contributed by atoms with E-state index in [0.29, 0.717) is 11.4 Å². The van der Waals surface area contributed by atoms with Crippen molar-refractivity contribution < 1.29 is 9.53 Å². The first kappa shape index (κ1) is 16.4. The number of carbonyl (C=O) groups excluding carboxylic acids is 1. The molecule has 0 saturated carbocycles.